The zero-order chi connectivity index (χ0) is 7.84. The minimum atomic E-state index is 0.711. The summed E-state index contributed by atoms with van der Waals surface area (Å²) in [7, 11) is 0. The molecule has 0 N–H and O–H groups in total. The molecule has 2 rings (SSSR count). The molecule has 1 aromatic rings. The van der Waals surface area contributed by atoms with E-state index in [4.69, 9.17) is 4.42 Å². The van der Waals surface area contributed by atoms with Crippen molar-refractivity contribution in [2.45, 2.75) is 25.7 Å². The van der Waals surface area contributed by atoms with E-state index in [0.717, 1.165) is 16.9 Å². The molecule has 1 heteroatoms. The molecular formula is C10H12O. The molecule has 58 valence electrons. The standard InChI is InChI=1S/C10H12O/c1-7(2)9-5-10(11-6-9)8-3-4-8/h5-6,8H,1,3-4H2,2H3. The molecule has 1 saturated carbocycles. The van der Waals surface area contributed by atoms with E-state index in [1.165, 1.54) is 12.8 Å². The number of furan rings is 1. The molecule has 0 atom stereocenters. The molecular weight excluding hydrogens is 136 g/mol. The summed E-state index contributed by atoms with van der Waals surface area (Å²) in [6.45, 7) is 5.86. The molecule has 0 saturated heterocycles. The van der Waals surface area contributed by atoms with Crippen LogP contribution < -0.4 is 0 Å². The lowest BCUT2D eigenvalue weighted by atomic mass is 10.1. The first kappa shape index (κ1) is 6.71. The van der Waals surface area contributed by atoms with E-state index in [9.17, 15) is 0 Å². The summed E-state index contributed by atoms with van der Waals surface area (Å²) in [5.41, 5.74) is 2.23. The smallest absolute Gasteiger partial charge is 0.107 e. The zero-order valence-electron chi connectivity index (χ0n) is 6.76. The van der Waals surface area contributed by atoms with Crippen molar-refractivity contribution < 1.29 is 4.42 Å². The molecule has 1 nitrogen and oxygen atoms in total. The van der Waals surface area contributed by atoms with E-state index in [1.54, 1.807) is 6.26 Å². The lowest BCUT2D eigenvalue weighted by Crippen LogP contribution is -1.70. The second-order valence-electron chi connectivity index (χ2n) is 3.29. The van der Waals surface area contributed by atoms with Gasteiger partial charge in [-0.25, -0.2) is 0 Å². The maximum absolute atomic E-state index is 5.39. The minimum absolute atomic E-state index is 0.711. The highest BCUT2D eigenvalue weighted by Gasteiger charge is 2.26. The minimum Gasteiger partial charge on any atom is -0.468 e. The third-order valence-corrected chi connectivity index (χ3v) is 2.09. The maximum atomic E-state index is 5.39. The Bertz CT molecular complexity index is 279. The molecule has 0 aromatic carbocycles. The quantitative estimate of drug-likeness (QED) is 0.627. The Morgan fingerprint density at radius 1 is 1.64 bits per heavy atom. The number of allylic oxidation sites excluding steroid dienone is 1. The lowest BCUT2D eigenvalue weighted by molar-refractivity contribution is 0.511. The number of rotatable bonds is 2. The van der Waals surface area contributed by atoms with Gasteiger partial charge in [0.15, 0.2) is 0 Å². The van der Waals surface area contributed by atoms with Crippen LogP contribution in [0, 0.1) is 0 Å². The van der Waals surface area contributed by atoms with E-state index < -0.39 is 0 Å². The molecule has 0 bridgehead atoms. The Kier molecular flexibility index (Phi) is 1.38. The highest BCUT2D eigenvalue weighted by atomic mass is 16.3. The predicted octanol–water partition coefficient (Wildman–Crippen LogP) is 3.19. The number of hydrogen-bond donors (Lipinski definition) is 0. The third-order valence-electron chi connectivity index (χ3n) is 2.09. The van der Waals surface area contributed by atoms with Crippen LogP contribution in [0.2, 0.25) is 0 Å². The highest BCUT2D eigenvalue weighted by molar-refractivity contribution is 5.60. The predicted molar refractivity (Wildman–Crippen MR) is 45.4 cm³/mol. The second-order valence-corrected chi connectivity index (χ2v) is 3.29. The van der Waals surface area contributed by atoms with Gasteiger partial charge in [0.1, 0.15) is 5.76 Å². The summed E-state index contributed by atoms with van der Waals surface area (Å²) in [6.07, 6.45) is 4.39. The molecule has 1 fully saturated rings. The molecule has 0 unspecified atom stereocenters. The molecule has 0 spiro atoms. The summed E-state index contributed by atoms with van der Waals surface area (Å²) in [5, 5.41) is 0. The van der Waals surface area contributed by atoms with Gasteiger partial charge in [0.25, 0.3) is 0 Å². The van der Waals surface area contributed by atoms with Crippen molar-refractivity contribution in [1.82, 2.24) is 0 Å². The van der Waals surface area contributed by atoms with Crippen LogP contribution >= 0.6 is 0 Å². The van der Waals surface area contributed by atoms with Crippen LogP contribution in [-0.4, -0.2) is 0 Å². The van der Waals surface area contributed by atoms with Crippen LogP contribution in [0.3, 0.4) is 0 Å². The van der Waals surface area contributed by atoms with Crippen LogP contribution in [-0.2, 0) is 0 Å². The lowest BCUT2D eigenvalue weighted by Gasteiger charge is -1.87. The molecule has 1 aliphatic carbocycles. The van der Waals surface area contributed by atoms with Gasteiger partial charge < -0.3 is 4.42 Å². The number of hydrogen-bond acceptors (Lipinski definition) is 1. The van der Waals surface area contributed by atoms with Gasteiger partial charge >= 0.3 is 0 Å². The van der Waals surface area contributed by atoms with E-state index in [-0.39, 0.29) is 0 Å². The van der Waals surface area contributed by atoms with Crippen molar-refractivity contribution in [1.29, 1.82) is 0 Å². The van der Waals surface area contributed by atoms with Gasteiger partial charge in [0, 0.05) is 11.5 Å². The SMILES string of the molecule is C=C(C)c1coc(C2CC2)c1. The summed E-state index contributed by atoms with van der Waals surface area (Å²) in [5.74, 6) is 1.85. The largest absolute Gasteiger partial charge is 0.468 e. The normalized spacial score (nSPS) is 16.8. The van der Waals surface area contributed by atoms with Crippen molar-refractivity contribution in [3.05, 3.63) is 30.2 Å². The Labute approximate surface area is 66.7 Å². The van der Waals surface area contributed by atoms with Gasteiger partial charge in [0.05, 0.1) is 6.26 Å². The van der Waals surface area contributed by atoms with Crippen molar-refractivity contribution in [2.75, 3.05) is 0 Å². The second kappa shape index (κ2) is 2.26. The molecule has 0 radical (unpaired) electrons. The zero-order valence-corrected chi connectivity index (χ0v) is 6.76. The monoisotopic (exact) mass is 148 g/mol. The van der Waals surface area contributed by atoms with Crippen molar-refractivity contribution >= 4 is 5.57 Å². The fraction of sp³-hybridized carbons (Fsp3) is 0.400. The van der Waals surface area contributed by atoms with Gasteiger partial charge in [0.2, 0.25) is 0 Å². The van der Waals surface area contributed by atoms with E-state index >= 15 is 0 Å². The molecule has 1 heterocycles. The first-order valence-corrected chi connectivity index (χ1v) is 4.01. The third kappa shape index (κ3) is 1.23. The first-order valence-electron chi connectivity index (χ1n) is 4.01. The average Bonchev–Trinajstić information content (AvgIpc) is 2.68. The van der Waals surface area contributed by atoms with Crippen LogP contribution in [0.4, 0.5) is 0 Å². The maximum Gasteiger partial charge on any atom is 0.107 e. The fourth-order valence-corrected chi connectivity index (χ4v) is 1.16. The fourth-order valence-electron chi connectivity index (χ4n) is 1.16. The van der Waals surface area contributed by atoms with Crippen LogP contribution in [0.25, 0.3) is 5.57 Å². The van der Waals surface area contributed by atoms with E-state index in [2.05, 4.69) is 12.6 Å². The average molecular weight is 148 g/mol. The van der Waals surface area contributed by atoms with E-state index in [1.807, 2.05) is 6.92 Å². The van der Waals surface area contributed by atoms with Gasteiger partial charge in [-0.2, -0.15) is 0 Å². The Hall–Kier alpha value is -0.980. The first-order chi connectivity index (χ1) is 5.27. The summed E-state index contributed by atoms with van der Waals surface area (Å²) < 4.78 is 5.39. The molecule has 1 aliphatic rings. The van der Waals surface area contributed by atoms with Crippen molar-refractivity contribution in [2.24, 2.45) is 0 Å². The highest BCUT2D eigenvalue weighted by Crippen LogP contribution is 2.41. The van der Waals surface area contributed by atoms with E-state index in [0.29, 0.717) is 5.92 Å². The van der Waals surface area contributed by atoms with Crippen LogP contribution in [0.1, 0.15) is 37.0 Å². The molecule has 0 aliphatic heterocycles. The molecule has 0 amide bonds. The van der Waals surface area contributed by atoms with Gasteiger partial charge in [-0.05, 0) is 31.4 Å². The van der Waals surface area contributed by atoms with Gasteiger partial charge in [-0.1, -0.05) is 6.58 Å². The van der Waals surface area contributed by atoms with Crippen LogP contribution in [0.15, 0.2) is 23.3 Å². The van der Waals surface area contributed by atoms with Crippen molar-refractivity contribution in [3.63, 3.8) is 0 Å². The summed E-state index contributed by atoms with van der Waals surface area (Å²) in [6, 6.07) is 2.11. The Morgan fingerprint density at radius 2 is 2.36 bits per heavy atom. The summed E-state index contributed by atoms with van der Waals surface area (Å²) in [4.78, 5) is 0. The molecule has 11 heavy (non-hydrogen) atoms. The molecule has 1 aromatic heterocycles. The van der Waals surface area contributed by atoms with Crippen molar-refractivity contribution in [3.8, 4) is 0 Å². The topological polar surface area (TPSA) is 13.1 Å². The Balaban J connectivity index is 2.25. The summed E-state index contributed by atoms with van der Waals surface area (Å²) >= 11 is 0. The van der Waals surface area contributed by atoms with Gasteiger partial charge in [-0.3, -0.25) is 0 Å². The van der Waals surface area contributed by atoms with Gasteiger partial charge in [-0.15, -0.1) is 0 Å². The van der Waals surface area contributed by atoms with Crippen LogP contribution in [0.5, 0.6) is 0 Å². The Morgan fingerprint density at radius 3 is 2.82 bits per heavy atom.